The molecule has 1 radical (unpaired) electrons. The average Bonchev–Trinajstić information content (AvgIpc) is 0.811. The molecule has 4 heteroatoms. The summed E-state index contributed by atoms with van der Waals surface area (Å²) in [5.74, 6) is 0. The molecule has 27 valence electrons. The monoisotopic (exact) mass is 150 g/mol. The van der Waals surface area contributed by atoms with E-state index in [1.807, 2.05) is 0 Å². The second-order valence-electron chi connectivity index (χ2n) is 0.266. The summed E-state index contributed by atoms with van der Waals surface area (Å²) in [6.45, 7) is 0. The van der Waals surface area contributed by atoms with Gasteiger partial charge in [-0.25, -0.2) is 0 Å². The van der Waals surface area contributed by atoms with E-state index in [0.717, 1.165) is 0 Å². The molecule has 0 spiro atoms. The van der Waals surface area contributed by atoms with Gasteiger partial charge in [0.15, 0.2) is 0 Å². The van der Waals surface area contributed by atoms with E-state index in [-0.39, 0.29) is 32.7 Å². The fourth-order valence-corrected chi connectivity index (χ4v) is 0. The van der Waals surface area contributed by atoms with Crippen molar-refractivity contribution < 1.29 is 47.7 Å². The largest absolute Gasteiger partial charge is 0.565 e. The standard InChI is InChI=1S/CH2O3.Y/c2-1(3)4;/h(H2,2,3,4);/p-1. The molecule has 0 aliphatic carbocycles. The van der Waals surface area contributed by atoms with Crippen molar-refractivity contribution in [1.82, 2.24) is 0 Å². The van der Waals surface area contributed by atoms with Crippen molar-refractivity contribution in [3.63, 3.8) is 0 Å². The number of hydrogen-bond donors (Lipinski definition) is 1. The van der Waals surface area contributed by atoms with Crippen LogP contribution in [0.2, 0.25) is 0 Å². The Morgan fingerprint density at radius 2 is 1.80 bits per heavy atom. The molecule has 0 fully saturated rings. The SMILES string of the molecule is O=C([O-])O.[Y]. The molecule has 0 saturated carbocycles. The van der Waals surface area contributed by atoms with Gasteiger partial charge in [0, 0.05) is 32.7 Å². The zero-order chi connectivity index (χ0) is 3.58. The molecular weight excluding hydrogens is 149 g/mol. The molecule has 0 aliphatic rings. The fraction of sp³-hybridized carbons (Fsp3) is 0. The molecule has 3 nitrogen and oxygen atoms in total. The number of hydrogen-bond acceptors (Lipinski definition) is 2. The van der Waals surface area contributed by atoms with E-state index in [1.54, 1.807) is 0 Å². The molecule has 5 heavy (non-hydrogen) atoms. The number of carbonyl (C=O) groups is 1. The molecule has 0 aromatic rings. The van der Waals surface area contributed by atoms with Crippen LogP contribution >= 0.6 is 0 Å². The van der Waals surface area contributed by atoms with E-state index < -0.39 is 6.16 Å². The van der Waals surface area contributed by atoms with Gasteiger partial charge in [-0.15, -0.1) is 0 Å². The van der Waals surface area contributed by atoms with Crippen LogP contribution in [0.5, 0.6) is 0 Å². The molecule has 0 amide bonds. The van der Waals surface area contributed by atoms with Crippen LogP contribution in [0.3, 0.4) is 0 Å². The van der Waals surface area contributed by atoms with Crippen LogP contribution in [-0.4, -0.2) is 11.3 Å². The minimum Gasteiger partial charge on any atom is -0.565 e. The summed E-state index contributed by atoms with van der Waals surface area (Å²) >= 11 is 0. The van der Waals surface area contributed by atoms with E-state index in [1.165, 1.54) is 0 Å². The van der Waals surface area contributed by atoms with Crippen LogP contribution in [0.1, 0.15) is 0 Å². The summed E-state index contributed by atoms with van der Waals surface area (Å²) in [5.41, 5.74) is 0. The minimum atomic E-state index is -2.08. The second-order valence-corrected chi connectivity index (χ2v) is 0.266. The van der Waals surface area contributed by atoms with Gasteiger partial charge in [0.2, 0.25) is 6.16 Å². The van der Waals surface area contributed by atoms with Crippen LogP contribution in [0.15, 0.2) is 0 Å². The molecule has 0 aromatic heterocycles. The molecular formula is CHO3Y-. The first kappa shape index (κ1) is 9.03. The maximum atomic E-state index is 8.44. The molecule has 0 saturated heterocycles. The predicted molar refractivity (Wildman–Crippen MR) is 8.02 cm³/mol. The maximum Gasteiger partial charge on any atom is 0.249 e. The van der Waals surface area contributed by atoms with Crippen LogP contribution in [-0.2, 0) is 32.7 Å². The Morgan fingerprint density at radius 1 is 1.80 bits per heavy atom. The maximum absolute atomic E-state index is 8.44. The van der Waals surface area contributed by atoms with Crippen LogP contribution < -0.4 is 5.11 Å². The summed E-state index contributed by atoms with van der Waals surface area (Å²) < 4.78 is 0. The van der Waals surface area contributed by atoms with Crippen molar-refractivity contribution in [3.05, 3.63) is 0 Å². The van der Waals surface area contributed by atoms with E-state index in [2.05, 4.69) is 0 Å². The minimum absolute atomic E-state index is 0. The Morgan fingerprint density at radius 3 is 1.80 bits per heavy atom. The van der Waals surface area contributed by atoms with Crippen molar-refractivity contribution in [3.8, 4) is 0 Å². The van der Waals surface area contributed by atoms with Crippen molar-refractivity contribution in [2.75, 3.05) is 0 Å². The Bertz CT molecular complexity index is 29.9. The van der Waals surface area contributed by atoms with E-state index in [4.69, 9.17) is 15.0 Å². The van der Waals surface area contributed by atoms with Crippen molar-refractivity contribution in [2.24, 2.45) is 0 Å². The number of carboxylic acid groups (broad SMARTS) is 2. The Labute approximate surface area is 53.9 Å². The molecule has 0 unspecified atom stereocenters. The topological polar surface area (TPSA) is 60.4 Å². The van der Waals surface area contributed by atoms with Gasteiger partial charge in [0.05, 0.1) is 0 Å². The van der Waals surface area contributed by atoms with Crippen LogP contribution in [0.4, 0.5) is 4.79 Å². The second kappa shape index (κ2) is 4.37. The first-order chi connectivity index (χ1) is 1.73. The molecule has 0 atom stereocenters. The van der Waals surface area contributed by atoms with Crippen molar-refractivity contribution in [1.29, 1.82) is 0 Å². The molecule has 1 N–H and O–H groups in total. The van der Waals surface area contributed by atoms with Gasteiger partial charge in [-0.05, 0) is 0 Å². The smallest absolute Gasteiger partial charge is 0.249 e. The summed E-state index contributed by atoms with van der Waals surface area (Å²) in [4.78, 5) is 8.44. The van der Waals surface area contributed by atoms with Crippen molar-refractivity contribution >= 4 is 6.16 Å². The predicted octanol–water partition coefficient (Wildman–Crippen LogP) is -1.11. The van der Waals surface area contributed by atoms with E-state index in [0.29, 0.717) is 0 Å². The molecule has 0 rings (SSSR count). The third-order valence-corrected chi connectivity index (χ3v) is 0. The number of rotatable bonds is 0. The molecule has 0 aliphatic heterocycles. The zero-order valence-electron chi connectivity index (χ0n) is 2.34. The summed E-state index contributed by atoms with van der Waals surface area (Å²) in [5, 5.41) is 15.3. The van der Waals surface area contributed by atoms with Gasteiger partial charge >= 0.3 is 0 Å². The van der Waals surface area contributed by atoms with E-state index in [9.17, 15) is 0 Å². The average molecular weight is 150 g/mol. The third-order valence-electron chi connectivity index (χ3n) is 0. The Balaban J connectivity index is 0. The Kier molecular flexibility index (Phi) is 7.90. The third kappa shape index (κ3) is 176. The summed E-state index contributed by atoms with van der Waals surface area (Å²) in [6.07, 6.45) is -2.08. The first-order valence-corrected chi connectivity index (χ1v) is 0.632. The normalized spacial score (nSPS) is 4.80. The fourth-order valence-electron chi connectivity index (χ4n) is 0. The van der Waals surface area contributed by atoms with Crippen LogP contribution in [0, 0.1) is 0 Å². The first-order valence-electron chi connectivity index (χ1n) is 0.632. The molecule has 0 heterocycles. The van der Waals surface area contributed by atoms with E-state index >= 15 is 0 Å². The zero-order valence-corrected chi connectivity index (χ0v) is 5.18. The van der Waals surface area contributed by atoms with Gasteiger partial charge in [0.1, 0.15) is 0 Å². The molecule has 0 aromatic carbocycles. The summed E-state index contributed by atoms with van der Waals surface area (Å²) in [6, 6.07) is 0. The van der Waals surface area contributed by atoms with Gasteiger partial charge in [-0.1, -0.05) is 0 Å². The Hall–Kier alpha value is 0.374. The van der Waals surface area contributed by atoms with Gasteiger partial charge in [0.25, 0.3) is 0 Å². The van der Waals surface area contributed by atoms with Gasteiger partial charge in [-0.3, -0.25) is 0 Å². The van der Waals surface area contributed by atoms with Gasteiger partial charge < -0.3 is 15.0 Å². The van der Waals surface area contributed by atoms with Crippen molar-refractivity contribution in [2.45, 2.75) is 0 Å². The van der Waals surface area contributed by atoms with Crippen LogP contribution in [0.25, 0.3) is 0 Å². The van der Waals surface area contributed by atoms with Gasteiger partial charge in [-0.2, -0.15) is 0 Å². The molecule has 0 bridgehead atoms. The summed E-state index contributed by atoms with van der Waals surface area (Å²) in [7, 11) is 0. The quantitative estimate of drug-likeness (QED) is 0.475.